The molecule has 1 unspecified atom stereocenters. The summed E-state index contributed by atoms with van der Waals surface area (Å²) >= 11 is 5.91. The molecule has 1 aliphatic heterocycles. The summed E-state index contributed by atoms with van der Waals surface area (Å²) in [4.78, 5) is 0.113. The highest BCUT2D eigenvalue weighted by Gasteiger charge is 2.35. The van der Waals surface area contributed by atoms with Gasteiger partial charge in [-0.2, -0.15) is 4.31 Å². The van der Waals surface area contributed by atoms with E-state index in [4.69, 9.17) is 11.6 Å². The minimum Gasteiger partial charge on any atom is -0.395 e. The Hall–Kier alpha value is -0.620. The quantitative estimate of drug-likeness (QED) is 0.909. The maximum absolute atomic E-state index is 12.4. The van der Waals surface area contributed by atoms with Gasteiger partial charge >= 0.3 is 0 Å². The van der Waals surface area contributed by atoms with Gasteiger partial charge in [0.25, 0.3) is 0 Å². The lowest BCUT2D eigenvalue weighted by molar-refractivity contribution is 0.213. The Kier molecular flexibility index (Phi) is 3.73. The van der Waals surface area contributed by atoms with Gasteiger partial charge in [-0.1, -0.05) is 23.7 Å². The summed E-state index contributed by atoms with van der Waals surface area (Å²) in [6, 6.07) is 6.05. The highest BCUT2D eigenvalue weighted by Crippen LogP contribution is 2.29. The fourth-order valence-corrected chi connectivity index (χ4v) is 4.27. The van der Waals surface area contributed by atoms with Gasteiger partial charge in [0, 0.05) is 12.6 Å². The van der Waals surface area contributed by atoms with E-state index in [2.05, 4.69) is 0 Å². The lowest BCUT2D eigenvalue weighted by Crippen LogP contribution is -2.37. The number of aliphatic hydroxyl groups excluding tert-OH is 1. The van der Waals surface area contributed by atoms with Crippen LogP contribution in [0.1, 0.15) is 12.8 Å². The Morgan fingerprint density at radius 1 is 1.41 bits per heavy atom. The highest BCUT2D eigenvalue weighted by atomic mass is 35.5. The first-order chi connectivity index (χ1) is 8.07. The van der Waals surface area contributed by atoms with Crippen molar-refractivity contribution in [3.63, 3.8) is 0 Å². The van der Waals surface area contributed by atoms with Crippen molar-refractivity contribution in [1.82, 2.24) is 4.31 Å². The van der Waals surface area contributed by atoms with Crippen LogP contribution in [-0.4, -0.2) is 37.0 Å². The second-order valence-electron chi connectivity index (χ2n) is 4.02. The number of aliphatic hydroxyl groups is 1. The van der Waals surface area contributed by atoms with Crippen molar-refractivity contribution in [3.8, 4) is 0 Å². The van der Waals surface area contributed by atoms with Crippen LogP contribution in [0.25, 0.3) is 0 Å². The van der Waals surface area contributed by atoms with Gasteiger partial charge in [0.2, 0.25) is 10.0 Å². The van der Waals surface area contributed by atoms with Crippen molar-refractivity contribution < 1.29 is 13.5 Å². The molecule has 4 nitrogen and oxygen atoms in total. The van der Waals surface area contributed by atoms with Crippen LogP contribution in [0.4, 0.5) is 0 Å². The summed E-state index contributed by atoms with van der Waals surface area (Å²) in [5.74, 6) is 0. The number of nitrogens with zero attached hydrogens (tertiary/aromatic N) is 1. The maximum Gasteiger partial charge on any atom is 0.244 e. The van der Waals surface area contributed by atoms with Gasteiger partial charge in [-0.3, -0.25) is 0 Å². The maximum atomic E-state index is 12.4. The Balaban J connectivity index is 2.40. The minimum absolute atomic E-state index is 0.113. The number of benzene rings is 1. The molecule has 0 amide bonds. The van der Waals surface area contributed by atoms with Crippen molar-refractivity contribution in [3.05, 3.63) is 29.3 Å². The van der Waals surface area contributed by atoms with Gasteiger partial charge in [0.05, 0.1) is 11.6 Å². The van der Waals surface area contributed by atoms with Crippen LogP contribution in [0.5, 0.6) is 0 Å². The third-order valence-corrected chi connectivity index (χ3v) is 5.41. The van der Waals surface area contributed by atoms with Gasteiger partial charge in [0.1, 0.15) is 4.90 Å². The number of hydrogen-bond donors (Lipinski definition) is 1. The van der Waals surface area contributed by atoms with E-state index in [0.29, 0.717) is 13.0 Å². The zero-order valence-electron chi connectivity index (χ0n) is 9.21. The summed E-state index contributed by atoms with van der Waals surface area (Å²) in [5, 5.41) is 9.40. The minimum atomic E-state index is -3.59. The lowest BCUT2D eigenvalue weighted by Gasteiger charge is -2.22. The Labute approximate surface area is 106 Å². The summed E-state index contributed by atoms with van der Waals surface area (Å²) in [6.45, 7) is 0.294. The third-order valence-electron chi connectivity index (χ3n) is 2.96. The Morgan fingerprint density at radius 3 is 2.76 bits per heavy atom. The molecule has 0 radical (unpaired) electrons. The van der Waals surface area contributed by atoms with Gasteiger partial charge < -0.3 is 5.11 Å². The molecule has 0 aliphatic carbocycles. The van der Waals surface area contributed by atoms with Crippen molar-refractivity contribution >= 4 is 21.6 Å². The monoisotopic (exact) mass is 275 g/mol. The molecule has 0 saturated carbocycles. The Bertz CT molecular complexity index is 503. The predicted octanol–water partition coefficient (Wildman–Crippen LogP) is 1.49. The van der Waals surface area contributed by atoms with E-state index < -0.39 is 10.0 Å². The molecule has 0 aromatic heterocycles. The molecule has 1 N–H and O–H groups in total. The molecule has 1 fully saturated rings. The normalized spacial score (nSPS) is 21.9. The predicted molar refractivity (Wildman–Crippen MR) is 65.5 cm³/mol. The summed E-state index contributed by atoms with van der Waals surface area (Å²) in [6.07, 6.45) is 1.47. The van der Waals surface area contributed by atoms with E-state index in [1.165, 1.54) is 10.4 Å². The largest absolute Gasteiger partial charge is 0.395 e. The first-order valence-electron chi connectivity index (χ1n) is 5.44. The van der Waals surface area contributed by atoms with E-state index in [1.807, 2.05) is 0 Å². The third kappa shape index (κ3) is 2.33. The summed E-state index contributed by atoms with van der Waals surface area (Å²) in [5.41, 5.74) is 0. The van der Waals surface area contributed by atoms with Crippen LogP contribution in [0.3, 0.4) is 0 Å². The van der Waals surface area contributed by atoms with Crippen LogP contribution in [0.2, 0.25) is 5.02 Å². The molecule has 1 aliphatic rings. The molecule has 0 spiro atoms. The molecule has 6 heteroatoms. The molecule has 1 heterocycles. The molecule has 1 atom stereocenters. The van der Waals surface area contributed by atoms with Gasteiger partial charge in [-0.25, -0.2) is 8.42 Å². The number of halogens is 1. The van der Waals surface area contributed by atoms with Crippen LogP contribution in [0.15, 0.2) is 29.2 Å². The van der Waals surface area contributed by atoms with Crippen LogP contribution < -0.4 is 0 Å². The standard InChI is InChI=1S/C11H14ClNO3S/c12-10-5-1-2-6-11(10)17(15,16)13-7-3-4-9(13)8-14/h1-2,5-6,9,14H,3-4,7-8H2. The topological polar surface area (TPSA) is 57.6 Å². The van der Waals surface area contributed by atoms with Crippen LogP contribution >= 0.6 is 11.6 Å². The van der Waals surface area contributed by atoms with E-state index in [0.717, 1.165) is 6.42 Å². The molecule has 94 valence electrons. The fraction of sp³-hybridized carbons (Fsp3) is 0.455. The molecule has 1 aromatic rings. The fourth-order valence-electron chi connectivity index (χ4n) is 2.09. The van der Waals surface area contributed by atoms with Crippen LogP contribution in [0, 0.1) is 0 Å². The highest BCUT2D eigenvalue weighted by molar-refractivity contribution is 7.89. The molecule has 1 aromatic carbocycles. The van der Waals surface area contributed by atoms with Gasteiger partial charge in [-0.05, 0) is 25.0 Å². The van der Waals surface area contributed by atoms with E-state index in [-0.39, 0.29) is 22.6 Å². The van der Waals surface area contributed by atoms with E-state index >= 15 is 0 Å². The van der Waals surface area contributed by atoms with Crippen molar-refractivity contribution in [2.24, 2.45) is 0 Å². The van der Waals surface area contributed by atoms with Crippen LogP contribution in [-0.2, 0) is 10.0 Å². The molecule has 2 rings (SSSR count). The van der Waals surface area contributed by atoms with E-state index in [1.54, 1.807) is 18.2 Å². The van der Waals surface area contributed by atoms with E-state index in [9.17, 15) is 13.5 Å². The number of sulfonamides is 1. The zero-order valence-corrected chi connectivity index (χ0v) is 10.8. The Morgan fingerprint density at radius 2 is 2.12 bits per heavy atom. The molecular weight excluding hydrogens is 262 g/mol. The average molecular weight is 276 g/mol. The number of hydrogen-bond acceptors (Lipinski definition) is 3. The molecular formula is C11H14ClNO3S. The molecule has 17 heavy (non-hydrogen) atoms. The first kappa shape index (κ1) is 12.8. The smallest absolute Gasteiger partial charge is 0.244 e. The molecule has 1 saturated heterocycles. The second kappa shape index (κ2) is 4.94. The first-order valence-corrected chi connectivity index (χ1v) is 7.26. The zero-order chi connectivity index (χ0) is 12.5. The average Bonchev–Trinajstić information content (AvgIpc) is 2.78. The summed E-state index contributed by atoms with van der Waals surface area (Å²) in [7, 11) is -3.59. The van der Waals surface area contributed by atoms with Gasteiger partial charge in [-0.15, -0.1) is 0 Å². The van der Waals surface area contributed by atoms with Crippen molar-refractivity contribution in [2.75, 3.05) is 13.2 Å². The SMILES string of the molecule is O=S(=O)(c1ccccc1Cl)N1CCCC1CO. The second-order valence-corrected chi connectivity index (χ2v) is 6.29. The number of rotatable bonds is 3. The van der Waals surface area contributed by atoms with Crippen molar-refractivity contribution in [2.45, 2.75) is 23.8 Å². The van der Waals surface area contributed by atoms with Gasteiger partial charge in [0.15, 0.2) is 0 Å². The van der Waals surface area contributed by atoms with Crippen molar-refractivity contribution in [1.29, 1.82) is 0 Å². The lowest BCUT2D eigenvalue weighted by atomic mass is 10.2. The summed E-state index contributed by atoms with van der Waals surface area (Å²) < 4.78 is 26.1. The molecule has 0 bridgehead atoms.